The number of unbranched alkanes of at least 4 members (excludes halogenated alkanes) is 2. The van der Waals surface area contributed by atoms with Crippen LogP contribution in [0.1, 0.15) is 93.5 Å². The molecular weight excluding hydrogens is 284 g/mol. The van der Waals surface area contributed by atoms with Crippen molar-refractivity contribution < 1.29 is 9.59 Å². The van der Waals surface area contributed by atoms with Crippen LogP contribution in [0, 0.1) is 5.92 Å². The van der Waals surface area contributed by atoms with Crippen molar-refractivity contribution in [3.05, 3.63) is 35.4 Å². The molecule has 126 valence electrons. The summed E-state index contributed by atoms with van der Waals surface area (Å²) >= 11 is 0. The number of hydrogen-bond acceptors (Lipinski definition) is 2. The summed E-state index contributed by atoms with van der Waals surface area (Å²) in [6.07, 6.45) is 10.7. The molecule has 0 amide bonds. The van der Waals surface area contributed by atoms with Crippen molar-refractivity contribution in [2.45, 2.75) is 77.6 Å². The molecule has 0 heterocycles. The van der Waals surface area contributed by atoms with E-state index in [1.807, 2.05) is 12.1 Å². The largest absolute Gasteiger partial charge is 0.300 e. The van der Waals surface area contributed by atoms with Crippen LogP contribution in [0.2, 0.25) is 0 Å². The van der Waals surface area contributed by atoms with E-state index < -0.39 is 0 Å². The lowest BCUT2D eigenvalue weighted by molar-refractivity contribution is -0.116. The average Bonchev–Trinajstić information content (AvgIpc) is 2.55. The molecule has 1 fully saturated rings. The van der Waals surface area contributed by atoms with Crippen molar-refractivity contribution in [2.24, 2.45) is 5.92 Å². The third-order valence-electron chi connectivity index (χ3n) is 5.18. The summed E-state index contributed by atoms with van der Waals surface area (Å²) in [6.45, 7) is 3.73. The van der Waals surface area contributed by atoms with Gasteiger partial charge in [0.2, 0.25) is 0 Å². The lowest BCUT2D eigenvalue weighted by Gasteiger charge is -2.29. The second-order valence-corrected chi connectivity index (χ2v) is 7.14. The molecule has 2 nitrogen and oxygen atoms in total. The van der Waals surface area contributed by atoms with E-state index in [4.69, 9.17) is 0 Å². The highest BCUT2D eigenvalue weighted by Crippen LogP contribution is 2.37. The molecule has 0 spiro atoms. The SMILES string of the molecule is CCCCC[C@H]1CC[C@H](c2ccc(C(=O)CC(C)=O)cc2)CC1. The van der Waals surface area contributed by atoms with Crippen LogP contribution in [0.3, 0.4) is 0 Å². The highest BCUT2D eigenvalue weighted by atomic mass is 16.1. The van der Waals surface area contributed by atoms with Gasteiger partial charge in [0, 0.05) is 5.56 Å². The predicted molar refractivity (Wildman–Crippen MR) is 94.9 cm³/mol. The van der Waals surface area contributed by atoms with Crippen LogP contribution in [0.25, 0.3) is 0 Å². The molecule has 23 heavy (non-hydrogen) atoms. The smallest absolute Gasteiger partial charge is 0.170 e. The van der Waals surface area contributed by atoms with Crippen molar-refractivity contribution in [1.82, 2.24) is 0 Å². The fourth-order valence-corrected chi connectivity index (χ4v) is 3.74. The Morgan fingerprint density at radius 2 is 1.65 bits per heavy atom. The van der Waals surface area contributed by atoms with Gasteiger partial charge >= 0.3 is 0 Å². The van der Waals surface area contributed by atoms with E-state index in [1.54, 1.807) is 0 Å². The Morgan fingerprint density at radius 1 is 1.00 bits per heavy atom. The van der Waals surface area contributed by atoms with Gasteiger partial charge in [0.1, 0.15) is 5.78 Å². The Morgan fingerprint density at radius 3 is 2.22 bits per heavy atom. The van der Waals surface area contributed by atoms with Crippen LogP contribution < -0.4 is 0 Å². The van der Waals surface area contributed by atoms with Gasteiger partial charge in [-0.2, -0.15) is 0 Å². The first-order valence-corrected chi connectivity index (χ1v) is 9.22. The first-order chi connectivity index (χ1) is 11.1. The first-order valence-electron chi connectivity index (χ1n) is 9.22. The Labute approximate surface area is 140 Å². The number of rotatable bonds is 8. The van der Waals surface area contributed by atoms with Crippen molar-refractivity contribution >= 4 is 11.6 Å². The summed E-state index contributed by atoms with van der Waals surface area (Å²) in [4.78, 5) is 22.9. The van der Waals surface area contributed by atoms with E-state index in [0.717, 1.165) is 5.92 Å². The van der Waals surface area contributed by atoms with Gasteiger partial charge in [0.15, 0.2) is 5.78 Å². The summed E-state index contributed by atoms with van der Waals surface area (Å²) in [5, 5.41) is 0. The van der Waals surface area contributed by atoms with Crippen molar-refractivity contribution in [3.8, 4) is 0 Å². The lowest BCUT2D eigenvalue weighted by Crippen LogP contribution is -2.13. The predicted octanol–water partition coefficient (Wildman–Crippen LogP) is 5.70. The maximum absolute atomic E-state index is 11.9. The Hall–Kier alpha value is -1.44. The van der Waals surface area contributed by atoms with Crippen LogP contribution in [-0.2, 0) is 4.79 Å². The van der Waals surface area contributed by atoms with Crippen LogP contribution in [0.15, 0.2) is 24.3 Å². The lowest BCUT2D eigenvalue weighted by atomic mass is 9.77. The average molecular weight is 314 g/mol. The highest BCUT2D eigenvalue weighted by Gasteiger charge is 2.22. The second kappa shape index (κ2) is 9.00. The fraction of sp³-hybridized carbons (Fsp3) is 0.619. The molecule has 0 aromatic heterocycles. The van der Waals surface area contributed by atoms with Crippen LogP contribution >= 0.6 is 0 Å². The maximum atomic E-state index is 11.9. The Balaban J connectivity index is 1.84. The minimum absolute atomic E-state index is 0.0161. The Bertz CT molecular complexity index is 507. The van der Waals surface area contributed by atoms with Gasteiger partial charge in [0.25, 0.3) is 0 Å². The quantitative estimate of drug-likeness (QED) is 0.350. The molecule has 1 aromatic carbocycles. The van der Waals surface area contributed by atoms with Gasteiger partial charge in [-0.15, -0.1) is 0 Å². The number of ketones is 2. The van der Waals surface area contributed by atoms with Crippen LogP contribution in [-0.4, -0.2) is 11.6 Å². The standard InChI is InChI=1S/C21H30O2/c1-3-4-5-6-17-7-9-18(10-8-17)19-11-13-20(14-12-19)21(23)15-16(2)22/h11-14,17-18H,3-10,15H2,1-2H3/t17-,18-. The number of hydrogen-bond donors (Lipinski definition) is 0. The topological polar surface area (TPSA) is 34.1 Å². The van der Waals surface area contributed by atoms with Gasteiger partial charge in [0.05, 0.1) is 6.42 Å². The fourth-order valence-electron chi connectivity index (χ4n) is 3.74. The van der Waals surface area contributed by atoms with Gasteiger partial charge in [-0.1, -0.05) is 56.9 Å². The van der Waals surface area contributed by atoms with Crippen molar-refractivity contribution in [3.63, 3.8) is 0 Å². The molecule has 2 heteroatoms. The number of benzene rings is 1. The molecule has 0 N–H and O–H groups in total. The molecule has 0 atom stereocenters. The van der Waals surface area contributed by atoms with E-state index in [2.05, 4.69) is 19.1 Å². The zero-order valence-electron chi connectivity index (χ0n) is 14.6. The van der Waals surface area contributed by atoms with E-state index in [9.17, 15) is 9.59 Å². The summed E-state index contributed by atoms with van der Waals surface area (Å²) in [7, 11) is 0. The first kappa shape index (κ1) is 17.9. The number of Topliss-reactive ketones (excluding diaryl/α,β-unsaturated/α-hetero) is 2. The van der Waals surface area contributed by atoms with Crippen LogP contribution in [0.5, 0.6) is 0 Å². The summed E-state index contributed by atoms with van der Waals surface area (Å²) in [6, 6.07) is 7.98. The zero-order chi connectivity index (χ0) is 16.7. The van der Waals surface area contributed by atoms with Gasteiger partial charge in [-0.05, 0) is 50.0 Å². The van der Waals surface area contributed by atoms with Gasteiger partial charge in [-0.3, -0.25) is 9.59 Å². The molecule has 0 radical (unpaired) electrons. The summed E-state index contributed by atoms with van der Waals surface area (Å²) < 4.78 is 0. The zero-order valence-corrected chi connectivity index (χ0v) is 14.6. The molecule has 1 saturated carbocycles. The second-order valence-electron chi connectivity index (χ2n) is 7.14. The molecule has 1 aliphatic rings. The third-order valence-corrected chi connectivity index (χ3v) is 5.18. The minimum Gasteiger partial charge on any atom is -0.300 e. The van der Waals surface area contributed by atoms with Gasteiger partial charge in [-0.25, -0.2) is 0 Å². The molecule has 0 unspecified atom stereocenters. The minimum atomic E-state index is -0.0690. The molecular formula is C21H30O2. The number of carbonyl (C=O) groups excluding carboxylic acids is 2. The molecule has 2 rings (SSSR count). The molecule has 0 bridgehead atoms. The van der Waals surface area contributed by atoms with Crippen molar-refractivity contribution in [2.75, 3.05) is 0 Å². The highest BCUT2D eigenvalue weighted by molar-refractivity contribution is 6.07. The molecule has 0 aliphatic heterocycles. The molecule has 1 aliphatic carbocycles. The van der Waals surface area contributed by atoms with E-state index in [1.165, 1.54) is 63.9 Å². The summed E-state index contributed by atoms with van der Waals surface area (Å²) in [5.41, 5.74) is 2.02. The number of carbonyl (C=O) groups is 2. The maximum Gasteiger partial charge on any atom is 0.170 e. The van der Waals surface area contributed by atoms with Crippen LogP contribution in [0.4, 0.5) is 0 Å². The van der Waals surface area contributed by atoms with E-state index >= 15 is 0 Å². The van der Waals surface area contributed by atoms with Gasteiger partial charge < -0.3 is 0 Å². The summed E-state index contributed by atoms with van der Waals surface area (Å²) in [5.74, 6) is 1.44. The molecule has 1 aromatic rings. The van der Waals surface area contributed by atoms with E-state index in [-0.39, 0.29) is 18.0 Å². The normalized spacial score (nSPS) is 21.1. The van der Waals surface area contributed by atoms with Crippen molar-refractivity contribution in [1.29, 1.82) is 0 Å². The Kier molecular flexibility index (Phi) is 7.01. The molecule has 0 saturated heterocycles. The van der Waals surface area contributed by atoms with E-state index in [0.29, 0.717) is 11.5 Å². The monoisotopic (exact) mass is 314 g/mol. The third kappa shape index (κ3) is 5.60.